The molecule has 0 aliphatic carbocycles. The molecule has 2 aromatic heterocycles. The monoisotopic (exact) mass is 253 g/mol. The van der Waals surface area contributed by atoms with Crippen molar-refractivity contribution < 1.29 is 4.74 Å². The van der Waals surface area contributed by atoms with Crippen LogP contribution in [0.4, 0.5) is 0 Å². The fraction of sp³-hybridized carbons (Fsp3) is 0.500. The molecule has 0 saturated carbocycles. The predicted octanol–water partition coefficient (Wildman–Crippen LogP) is 1.20. The summed E-state index contributed by atoms with van der Waals surface area (Å²) in [7, 11) is 1.61. The molecule has 1 unspecified atom stereocenters. The van der Waals surface area contributed by atoms with Crippen LogP contribution in [-0.4, -0.2) is 26.5 Å². The summed E-state index contributed by atoms with van der Waals surface area (Å²) in [5, 5.41) is 10.1. The van der Waals surface area contributed by atoms with Crippen molar-refractivity contribution in [2.45, 2.75) is 25.9 Å². The van der Waals surface area contributed by atoms with Gasteiger partial charge in [0.25, 0.3) is 0 Å². The minimum absolute atomic E-state index is 0.349. The van der Waals surface area contributed by atoms with Crippen LogP contribution >= 0.6 is 11.5 Å². The first-order valence-corrected chi connectivity index (χ1v) is 6.23. The fourth-order valence-electron chi connectivity index (χ4n) is 1.69. The normalized spacial score (nSPS) is 12.6. The fourth-order valence-corrected chi connectivity index (χ4v) is 2.18. The van der Waals surface area contributed by atoms with Crippen LogP contribution in [0.25, 0.3) is 0 Å². The number of hydrogen-bond donors (Lipinski definition) is 1. The second-order valence-electron chi connectivity index (χ2n) is 3.63. The molecule has 2 N–H and O–H groups in total. The van der Waals surface area contributed by atoms with E-state index in [4.69, 9.17) is 10.5 Å². The summed E-state index contributed by atoms with van der Waals surface area (Å²) in [6, 6.07) is -0.349. The highest BCUT2D eigenvalue weighted by molar-refractivity contribution is 7.03. The summed E-state index contributed by atoms with van der Waals surface area (Å²) in [5.74, 6) is 0.693. The van der Waals surface area contributed by atoms with Gasteiger partial charge in [-0.25, -0.2) is 0 Å². The lowest BCUT2D eigenvalue weighted by Gasteiger charge is -2.13. The Morgan fingerprint density at radius 3 is 3.00 bits per heavy atom. The first kappa shape index (κ1) is 12.0. The van der Waals surface area contributed by atoms with E-state index in [1.165, 1.54) is 11.5 Å². The first-order chi connectivity index (χ1) is 8.27. The zero-order valence-corrected chi connectivity index (χ0v) is 10.6. The second-order valence-corrected chi connectivity index (χ2v) is 4.24. The number of methoxy groups -OCH3 is 1. The van der Waals surface area contributed by atoms with Crippen molar-refractivity contribution in [3.8, 4) is 5.75 Å². The molecular formula is C10H15N5OS. The SMILES string of the molecule is CCCn1ncc(OC)c1C(N)c1csnn1. The lowest BCUT2D eigenvalue weighted by Crippen LogP contribution is -2.18. The van der Waals surface area contributed by atoms with Crippen molar-refractivity contribution in [1.29, 1.82) is 0 Å². The third-order valence-corrected chi connectivity index (χ3v) is 3.01. The third kappa shape index (κ3) is 2.29. The molecule has 0 bridgehead atoms. The van der Waals surface area contributed by atoms with E-state index in [2.05, 4.69) is 21.6 Å². The molecular weight excluding hydrogens is 238 g/mol. The zero-order chi connectivity index (χ0) is 12.3. The van der Waals surface area contributed by atoms with Crippen LogP contribution in [0.1, 0.15) is 30.8 Å². The number of hydrogen-bond acceptors (Lipinski definition) is 6. The van der Waals surface area contributed by atoms with Gasteiger partial charge in [0.05, 0.1) is 25.0 Å². The quantitative estimate of drug-likeness (QED) is 0.866. The van der Waals surface area contributed by atoms with Crippen molar-refractivity contribution >= 4 is 11.5 Å². The van der Waals surface area contributed by atoms with E-state index >= 15 is 0 Å². The van der Waals surface area contributed by atoms with E-state index in [0.717, 1.165) is 24.4 Å². The molecule has 7 heteroatoms. The van der Waals surface area contributed by atoms with Crippen LogP contribution in [0.3, 0.4) is 0 Å². The average molecular weight is 253 g/mol. The number of nitrogens with two attached hydrogens (primary N) is 1. The van der Waals surface area contributed by atoms with Gasteiger partial charge < -0.3 is 10.5 Å². The van der Waals surface area contributed by atoms with E-state index in [1.807, 2.05) is 10.1 Å². The number of nitrogens with zero attached hydrogens (tertiary/aromatic N) is 4. The van der Waals surface area contributed by atoms with Crippen LogP contribution < -0.4 is 10.5 Å². The lowest BCUT2D eigenvalue weighted by atomic mass is 10.1. The van der Waals surface area contributed by atoms with Gasteiger partial charge in [-0.05, 0) is 18.0 Å². The highest BCUT2D eigenvalue weighted by Crippen LogP contribution is 2.27. The molecule has 2 aromatic rings. The molecule has 2 rings (SSSR count). The maximum Gasteiger partial charge on any atom is 0.161 e. The molecule has 92 valence electrons. The minimum atomic E-state index is -0.349. The molecule has 2 heterocycles. The van der Waals surface area contributed by atoms with Crippen LogP contribution in [0.2, 0.25) is 0 Å². The van der Waals surface area contributed by atoms with E-state index in [9.17, 15) is 0 Å². The van der Waals surface area contributed by atoms with Gasteiger partial charge in [-0.1, -0.05) is 11.4 Å². The summed E-state index contributed by atoms with van der Waals surface area (Å²) in [6.07, 6.45) is 2.67. The molecule has 0 fully saturated rings. The minimum Gasteiger partial charge on any atom is -0.493 e. The number of aryl methyl sites for hydroxylation is 1. The van der Waals surface area contributed by atoms with Gasteiger partial charge in [0.2, 0.25) is 0 Å². The van der Waals surface area contributed by atoms with Gasteiger partial charge in [-0.3, -0.25) is 4.68 Å². The van der Waals surface area contributed by atoms with Crippen molar-refractivity contribution in [1.82, 2.24) is 19.4 Å². The molecule has 0 saturated heterocycles. The number of ether oxygens (including phenoxy) is 1. The van der Waals surface area contributed by atoms with Crippen molar-refractivity contribution in [2.75, 3.05) is 7.11 Å². The number of rotatable bonds is 5. The predicted molar refractivity (Wildman–Crippen MR) is 65.0 cm³/mol. The Morgan fingerprint density at radius 1 is 1.59 bits per heavy atom. The van der Waals surface area contributed by atoms with Gasteiger partial charge in [0.15, 0.2) is 5.75 Å². The highest BCUT2D eigenvalue weighted by Gasteiger charge is 2.21. The maximum absolute atomic E-state index is 6.18. The van der Waals surface area contributed by atoms with E-state index in [-0.39, 0.29) is 6.04 Å². The van der Waals surface area contributed by atoms with Gasteiger partial charge in [-0.15, -0.1) is 5.10 Å². The molecule has 0 spiro atoms. The van der Waals surface area contributed by atoms with Crippen LogP contribution in [0.5, 0.6) is 5.75 Å². The highest BCUT2D eigenvalue weighted by atomic mass is 32.1. The van der Waals surface area contributed by atoms with Crippen molar-refractivity contribution in [2.24, 2.45) is 5.73 Å². The van der Waals surface area contributed by atoms with E-state index in [0.29, 0.717) is 5.75 Å². The first-order valence-electron chi connectivity index (χ1n) is 5.40. The van der Waals surface area contributed by atoms with Crippen LogP contribution in [-0.2, 0) is 6.54 Å². The molecule has 1 atom stereocenters. The summed E-state index contributed by atoms with van der Waals surface area (Å²) in [4.78, 5) is 0. The van der Waals surface area contributed by atoms with Gasteiger partial charge in [0.1, 0.15) is 5.69 Å². The van der Waals surface area contributed by atoms with Crippen molar-refractivity contribution in [3.05, 3.63) is 23.0 Å². The Kier molecular flexibility index (Phi) is 3.70. The smallest absolute Gasteiger partial charge is 0.161 e. The Balaban J connectivity index is 2.38. The molecule has 0 radical (unpaired) electrons. The van der Waals surface area contributed by atoms with Crippen LogP contribution in [0.15, 0.2) is 11.6 Å². The third-order valence-electron chi connectivity index (χ3n) is 2.49. The van der Waals surface area contributed by atoms with Crippen molar-refractivity contribution in [3.63, 3.8) is 0 Å². The topological polar surface area (TPSA) is 78.9 Å². The summed E-state index contributed by atoms with van der Waals surface area (Å²) in [6.45, 7) is 2.90. The Bertz CT molecular complexity index is 467. The Morgan fingerprint density at radius 2 is 2.41 bits per heavy atom. The summed E-state index contributed by atoms with van der Waals surface area (Å²) < 4.78 is 11.0. The van der Waals surface area contributed by atoms with E-state index < -0.39 is 0 Å². The Hall–Kier alpha value is -1.47. The standard InChI is InChI=1S/C10H15N5OS/c1-3-4-15-10(8(16-2)5-12-15)9(11)7-6-17-14-13-7/h5-6,9H,3-4,11H2,1-2H3. The van der Waals surface area contributed by atoms with E-state index in [1.54, 1.807) is 13.3 Å². The molecule has 17 heavy (non-hydrogen) atoms. The molecule has 6 nitrogen and oxygen atoms in total. The molecule has 0 aliphatic rings. The lowest BCUT2D eigenvalue weighted by molar-refractivity contribution is 0.403. The second kappa shape index (κ2) is 5.24. The van der Waals surface area contributed by atoms with Gasteiger partial charge >= 0.3 is 0 Å². The average Bonchev–Trinajstić information content (AvgIpc) is 2.97. The summed E-state index contributed by atoms with van der Waals surface area (Å²) >= 11 is 1.29. The Labute approximate surface area is 104 Å². The van der Waals surface area contributed by atoms with Gasteiger partial charge in [-0.2, -0.15) is 5.10 Å². The zero-order valence-electron chi connectivity index (χ0n) is 9.83. The maximum atomic E-state index is 6.18. The largest absolute Gasteiger partial charge is 0.493 e. The van der Waals surface area contributed by atoms with Crippen LogP contribution in [0, 0.1) is 0 Å². The molecule has 0 aliphatic heterocycles. The van der Waals surface area contributed by atoms with Gasteiger partial charge in [0, 0.05) is 11.9 Å². The summed E-state index contributed by atoms with van der Waals surface area (Å²) in [5.41, 5.74) is 7.77. The number of aromatic nitrogens is 4. The molecule has 0 aromatic carbocycles. The molecule has 0 amide bonds.